The second-order valence-electron chi connectivity index (χ2n) is 15.9. The first kappa shape index (κ1) is 38.2. The molecule has 0 radical (unpaired) electrons. The van der Waals surface area contributed by atoms with Crippen LogP contribution in [0.25, 0.3) is 55.4 Å². The largest absolute Gasteiger partial charge is 0.383 e. The number of nitrogens with one attached hydrogen (secondary N) is 2. The molecule has 6 N–H and O–H groups in total. The summed E-state index contributed by atoms with van der Waals surface area (Å²) < 4.78 is 3.41. The van der Waals surface area contributed by atoms with E-state index in [1.807, 2.05) is 62.6 Å². The molecule has 18 heteroatoms. The van der Waals surface area contributed by atoms with E-state index in [4.69, 9.17) is 26.5 Å². The topological polar surface area (TPSA) is 230 Å². The number of fused-ring (bicyclic) bond motifs is 2. The molecular formula is C44H42N16O2. The van der Waals surface area contributed by atoms with Crippen molar-refractivity contribution < 1.29 is 9.59 Å². The third-order valence-electron chi connectivity index (χ3n) is 11.7. The second-order valence-corrected chi connectivity index (χ2v) is 15.9. The van der Waals surface area contributed by atoms with Crippen molar-refractivity contribution in [2.24, 2.45) is 0 Å². The lowest BCUT2D eigenvalue weighted by Crippen LogP contribution is -2.24. The Morgan fingerprint density at radius 2 is 1.27 bits per heavy atom. The van der Waals surface area contributed by atoms with Gasteiger partial charge in [-0.2, -0.15) is 10.2 Å². The van der Waals surface area contributed by atoms with E-state index in [9.17, 15) is 9.59 Å². The maximum Gasteiger partial charge on any atom is 0.247 e. The van der Waals surface area contributed by atoms with Crippen LogP contribution >= 0.6 is 0 Å². The Hall–Kier alpha value is -8.02. The molecule has 0 saturated carbocycles. The lowest BCUT2D eigenvalue weighted by Gasteiger charge is -2.12. The molecule has 2 aliphatic rings. The SMILES string of the molecule is Cc1ccncc1-c1cc2cc(Nc3cn([C@H]4CCN(C)C4=O)nc3-c3cc(C)c(-c4cc5cc(Nc6cnn(C7CCN(C)C7=O)c6)ncc5c(N)n4)cn3)ncc2c(N)n1. The molecule has 62 heavy (non-hydrogen) atoms. The minimum Gasteiger partial charge on any atom is -0.383 e. The molecule has 8 aromatic heterocycles. The van der Waals surface area contributed by atoms with E-state index in [-0.39, 0.29) is 17.9 Å². The van der Waals surface area contributed by atoms with Crippen molar-refractivity contribution in [3.63, 3.8) is 0 Å². The number of amides is 2. The van der Waals surface area contributed by atoms with E-state index in [2.05, 4.69) is 35.7 Å². The summed E-state index contributed by atoms with van der Waals surface area (Å²) in [4.78, 5) is 57.0. The number of nitrogens with two attached hydrogens (primary N) is 2. The van der Waals surface area contributed by atoms with Gasteiger partial charge >= 0.3 is 0 Å². The van der Waals surface area contributed by atoms with Crippen LogP contribution in [0.3, 0.4) is 0 Å². The first-order valence-electron chi connectivity index (χ1n) is 20.2. The van der Waals surface area contributed by atoms with Crippen molar-refractivity contribution in [2.75, 3.05) is 49.3 Å². The number of aryl methyl sites for hydroxylation is 2. The number of rotatable bonds is 9. The van der Waals surface area contributed by atoms with E-state index >= 15 is 0 Å². The third kappa shape index (κ3) is 6.80. The Labute approximate surface area is 355 Å². The molecule has 2 saturated heterocycles. The van der Waals surface area contributed by atoms with Gasteiger partial charge in [-0.1, -0.05) is 0 Å². The number of carbonyl (C=O) groups excluding carboxylic acids is 2. The Bertz CT molecular complexity index is 3100. The summed E-state index contributed by atoms with van der Waals surface area (Å²) in [7, 11) is 3.60. The first-order valence-corrected chi connectivity index (χ1v) is 20.2. The Morgan fingerprint density at radius 3 is 1.87 bits per heavy atom. The van der Waals surface area contributed by atoms with Gasteiger partial charge in [0.1, 0.15) is 41.0 Å². The molecule has 8 aromatic rings. The maximum absolute atomic E-state index is 13.2. The van der Waals surface area contributed by atoms with Crippen LogP contribution in [0, 0.1) is 13.8 Å². The summed E-state index contributed by atoms with van der Waals surface area (Å²) in [5.74, 6) is 1.87. The van der Waals surface area contributed by atoms with Crippen LogP contribution < -0.4 is 22.1 Å². The fourth-order valence-electron chi connectivity index (χ4n) is 8.24. The molecule has 310 valence electrons. The fraction of sp³-hybridized carbons (Fsp3) is 0.227. The zero-order valence-electron chi connectivity index (χ0n) is 34.4. The minimum atomic E-state index is -0.455. The molecule has 10 heterocycles. The molecule has 0 spiro atoms. The Kier molecular flexibility index (Phi) is 9.19. The highest BCUT2D eigenvalue weighted by Crippen LogP contribution is 2.36. The second kappa shape index (κ2) is 14.9. The highest BCUT2D eigenvalue weighted by Gasteiger charge is 2.33. The number of aromatic nitrogens is 10. The van der Waals surface area contributed by atoms with E-state index in [1.54, 1.807) is 70.4 Å². The highest BCUT2D eigenvalue weighted by molar-refractivity contribution is 5.96. The molecule has 0 aliphatic carbocycles. The molecular weight excluding hydrogens is 785 g/mol. The molecule has 2 amide bonds. The molecule has 0 aromatic carbocycles. The zero-order chi connectivity index (χ0) is 42.8. The van der Waals surface area contributed by atoms with Crippen LogP contribution in [0.4, 0.5) is 34.6 Å². The number of likely N-dealkylation sites (tertiary alicyclic amines) is 2. The summed E-state index contributed by atoms with van der Waals surface area (Å²) in [5.41, 5.74) is 20.3. The fourth-order valence-corrected chi connectivity index (χ4v) is 8.24. The van der Waals surface area contributed by atoms with Gasteiger partial charge in [0.05, 0.1) is 40.9 Å². The van der Waals surface area contributed by atoms with Crippen LogP contribution in [0.15, 0.2) is 86.0 Å². The van der Waals surface area contributed by atoms with Gasteiger partial charge in [-0.3, -0.25) is 28.9 Å². The number of likely N-dealkylation sites (N-methyl/N-ethyl adjacent to an activating group) is 2. The van der Waals surface area contributed by atoms with E-state index < -0.39 is 6.04 Å². The van der Waals surface area contributed by atoms with Gasteiger partial charge in [-0.05, 0) is 85.0 Å². The number of hydrogen-bond acceptors (Lipinski definition) is 14. The molecule has 2 fully saturated rings. The van der Waals surface area contributed by atoms with Gasteiger partial charge in [0.25, 0.3) is 0 Å². The molecule has 18 nitrogen and oxygen atoms in total. The predicted molar refractivity (Wildman–Crippen MR) is 236 cm³/mol. The molecule has 2 aliphatic heterocycles. The van der Waals surface area contributed by atoms with Crippen LogP contribution in [0.5, 0.6) is 0 Å². The normalized spacial score (nSPS) is 16.6. The average molecular weight is 827 g/mol. The van der Waals surface area contributed by atoms with Crippen molar-refractivity contribution >= 4 is 68.0 Å². The number of hydrogen-bond donors (Lipinski definition) is 4. The van der Waals surface area contributed by atoms with E-state index in [0.29, 0.717) is 88.7 Å². The van der Waals surface area contributed by atoms with Crippen LogP contribution in [-0.4, -0.2) is 98.3 Å². The monoisotopic (exact) mass is 826 g/mol. The van der Waals surface area contributed by atoms with Crippen molar-refractivity contribution in [1.82, 2.24) is 59.3 Å². The van der Waals surface area contributed by atoms with Gasteiger partial charge in [-0.15, -0.1) is 0 Å². The van der Waals surface area contributed by atoms with Crippen molar-refractivity contribution in [2.45, 2.75) is 38.8 Å². The lowest BCUT2D eigenvalue weighted by atomic mass is 10.0. The van der Waals surface area contributed by atoms with Gasteiger partial charge in [0.15, 0.2) is 0 Å². The average Bonchev–Trinajstić information content (AvgIpc) is 4.05. The summed E-state index contributed by atoms with van der Waals surface area (Å²) in [5, 5.41) is 19.3. The smallest absolute Gasteiger partial charge is 0.247 e. The first-order chi connectivity index (χ1) is 30.0. The predicted octanol–water partition coefficient (Wildman–Crippen LogP) is 5.83. The Morgan fingerprint density at radius 1 is 0.661 bits per heavy atom. The number of nitrogen functional groups attached to an aromatic ring is 2. The maximum atomic E-state index is 13.2. The zero-order valence-corrected chi connectivity index (χ0v) is 34.4. The van der Waals surface area contributed by atoms with Crippen LogP contribution in [0.2, 0.25) is 0 Å². The molecule has 0 bridgehead atoms. The number of nitrogens with zero attached hydrogens (tertiary/aromatic N) is 12. The Balaban J connectivity index is 0.966. The van der Waals surface area contributed by atoms with Crippen molar-refractivity contribution in [1.29, 1.82) is 0 Å². The van der Waals surface area contributed by atoms with Crippen molar-refractivity contribution in [3.8, 4) is 33.9 Å². The van der Waals surface area contributed by atoms with Gasteiger partial charge in [0.2, 0.25) is 11.8 Å². The quantitative estimate of drug-likeness (QED) is 0.134. The number of pyridine rings is 6. The van der Waals surface area contributed by atoms with E-state index in [0.717, 1.165) is 38.4 Å². The van der Waals surface area contributed by atoms with Gasteiger partial charge in [-0.25, -0.2) is 19.9 Å². The minimum absolute atomic E-state index is 0.00712. The number of carbonyl (C=O) groups is 2. The number of anilines is 6. The molecule has 10 rings (SSSR count). The van der Waals surface area contributed by atoms with E-state index in [1.165, 1.54) is 0 Å². The standard InChI is InChI=1S/C44H42N16O2/c1-23-5-8-47-17-28(23)32-12-26-15-39(50-20-31(26)41(45)54-32)53-35-22-60(37-7-10-58(4)44(37)62)56-40(35)34-11-24(2)29(18-48-34)33-13-25-14-38(49-19-30(25)42(46)55-33)52-27-16-51-59(21-27)36-6-9-57(3)43(36)61/h5,8,11-22,36-37H,6-7,9-10H2,1-4H3,(H2,45,54)(H2,46,55)(H,49,52)(H,50,53)/t36?,37-/m0/s1. The summed E-state index contributed by atoms with van der Waals surface area (Å²) in [6.07, 6.45) is 15.3. The van der Waals surface area contributed by atoms with Gasteiger partial charge < -0.3 is 31.9 Å². The molecule has 2 atom stereocenters. The van der Waals surface area contributed by atoms with Crippen LogP contribution in [0.1, 0.15) is 36.1 Å². The van der Waals surface area contributed by atoms with Gasteiger partial charge in [0, 0.05) is 86.3 Å². The highest BCUT2D eigenvalue weighted by atomic mass is 16.2. The molecule has 1 unspecified atom stereocenters. The summed E-state index contributed by atoms with van der Waals surface area (Å²) >= 11 is 0. The summed E-state index contributed by atoms with van der Waals surface area (Å²) in [6, 6.07) is 10.9. The van der Waals surface area contributed by atoms with Crippen LogP contribution in [-0.2, 0) is 9.59 Å². The lowest BCUT2D eigenvalue weighted by molar-refractivity contribution is -0.130. The summed E-state index contributed by atoms with van der Waals surface area (Å²) in [6.45, 7) is 5.32. The van der Waals surface area contributed by atoms with Crippen molar-refractivity contribution in [3.05, 3.63) is 97.1 Å². The third-order valence-corrected chi connectivity index (χ3v) is 11.7.